The summed E-state index contributed by atoms with van der Waals surface area (Å²) in [5, 5.41) is 12.1. The molecule has 0 fully saturated rings. The average molecular weight is 283 g/mol. The fourth-order valence-electron chi connectivity index (χ4n) is 1.98. The molecule has 1 heterocycles. The number of fused-ring (bicyclic) bond motifs is 1. The summed E-state index contributed by atoms with van der Waals surface area (Å²) in [5.74, 6) is -0.533. The second-order valence-corrected chi connectivity index (χ2v) is 4.45. The number of nitrogens with zero attached hydrogens (tertiary/aromatic N) is 1. The van der Waals surface area contributed by atoms with E-state index in [1.165, 1.54) is 18.4 Å². The zero-order valence-corrected chi connectivity index (χ0v) is 10.8. The lowest BCUT2D eigenvalue weighted by Gasteiger charge is -2.02. The van der Waals surface area contributed by atoms with Crippen LogP contribution in [0, 0.1) is 11.0 Å². The lowest BCUT2D eigenvalue weighted by Crippen LogP contribution is -2.12. The van der Waals surface area contributed by atoms with E-state index in [4.69, 9.17) is 4.42 Å². The normalized spacial score (nSPS) is 11.8. The molecule has 1 aromatic heterocycles. The average Bonchev–Trinajstić information content (AvgIpc) is 2.51. The number of halogens is 1. The fraction of sp³-hybridized carbons (Fsp3) is 0. The van der Waals surface area contributed by atoms with Crippen molar-refractivity contribution in [2.75, 3.05) is 0 Å². The highest BCUT2D eigenvalue weighted by atomic mass is 19.1. The Hall–Kier alpha value is -2.95. The van der Waals surface area contributed by atoms with Crippen LogP contribution in [0.4, 0.5) is 10.1 Å². The molecular weight excluding hydrogens is 273 g/mol. The van der Waals surface area contributed by atoms with Crippen molar-refractivity contribution < 1.29 is 13.5 Å². The Bertz CT molecular complexity index is 885. The summed E-state index contributed by atoms with van der Waals surface area (Å²) >= 11 is 0. The molecule has 0 saturated carbocycles. The van der Waals surface area contributed by atoms with Crippen LogP contribution in [-0.2, 0) is 0 Å². The van der Waals surface area contributed by atoms with Crippen molar-refractivity contribution in [3.8, 4) is 0 Å². The van der Waals surface area contributed by atoms with Crippen molar-refractivity contribution in [3.05, 3.63) is 81.6 Å². The van der Waals surface area contributed by atoms with Gasteiger partial charge in [-0.1, -0.05) is 18.2 Å². The van der Waals surface area contributed by atoms with E-state index in [0.29, 0.717) is 10.4 Å². The summed E-state index contributed by atoms with van der Waals surface area (Å²) in [6.07, 6.45) is 2.31. The van der Waals surface area contributed by atoms with Gasteiger partial charge in [-0.15, -0.1) is 0 Å². The van der Waals surface area contributed by atoms with Crippen LogP contribution in [0.5, 0.6) is 0 Å². The molecule has 0 aliphatic rings. The highest BCUT2D eigenvalue weighted by Crippen LogP contribution is 2.13. The van der Waals surface area contributed by atoms with Crippen molar-refractivity contribution in [2.45, 2.75) is 0 Å². The highest BCUT2D eigenvalue weighted by Gasteiger charge is 2.10. The van der Waals surface area contributed by atoms with E-state index in [1.54, 1.807) is 30.3 Å². The van der Waals surface area contributed by atoms with Crippen molar-refractivity contribution >= 4 is 22.9 Å². The van der Waals surface area contributed by atoms with Crippen LogP contribution in [0.15, 0.2) is 64.0 Å². The molecule has 2 aromatic carbocycles. The number of hydrogen-bond acceptors (Lipinski definition) is 3. The molecule has 5 heteroatoms. The van der Waals surface area contributed by atoms with Gasteiger partial charge in [-0.2, -0.15) is 4.74 Å². The van der Waals surface area contributed by atoms with Crippen LogP contribution in [0.3, 0.4) is 0 Å². The van der Waals surface area contributed by atoms with Crippen molar-refractivity contribution in [1.82, 2.24) is 0 Å². The molecule has 21 heavy (non-hydrogen) atoms. The Kier molecular flexibility index (Phi) is 3.23. The molecule has 104 valence electrons. The topological polar surface area (TPSA) is 56.3 Å². The molecular formula is C16H10FNO3. The largest absolute Gasteiger partial charge is 0.618 e. The van der Waals surface area contributed by atoms with Gasteiger partial charge in [-0.25, -0.2) is 4.39 Å². The summed E-state index contributed by atoms with van der Waals surface area (Å²) in [4.78, 5) is 12.2. The maximum absolute atomic E-state index is 13.2. The van der Waals surface area contributed by atoms with Crippen LogP contribution in [0.25, 0.3) is 11.0 Å². The first-order valence-corrected chi connectivity index (χ1v) is 6.22. The number of rotatable bonds is 2. The minimum Gasteiger partial charge on any atom is -0.618 e. The third-order valence-electron chi connectivity index (χ3n) is 3.03. The number of hydrogen-bond donors (Lipinski definition) is 0. The van der Waals surface area contributed by atoms with Crippen LogP contribution in [0.1, 0.15) is 5.56 Å². The molecule has 3 aromatic rings. The van der Waals surface area contributed by atoms with E-state index >= 15 is 0 Å². The lowest BCUT2D eigenvalue weighted by atomic mass is 10.2. The SMILES string of the molecule is O=c1c(/C=[N+](\[O-])c2ccccc2)coc2ccc(F)cc12. The third kappa shape index (κ3) is 2.53. The maximum Gasteiger partial charge on any atom is 0.216 e. The maximum atomic E-state index is 13.2. The Labute approximate surface area is 119 Å². The second-order valence-electron chi connectivity index (χ2n) is 4.45. The van der Waals surface area contributed by atoms with Gasteiger partial charge in [0.15, 0.2) is 6.21 Å². The van der Waals surface area contributed by atoms with Crippen LogP contribution >= 0.6 is 0 Å². The Balaban J connectivity index is 2.13. The minimum atomic E-state index is -0.533. The third-order valence-corrected chi connectivity index (χ3v) is 3.03. The molecule has 0 atom stereocenters. The molecule has 0 saturated heterocycles. The first-order valence-electron chi connectivity index (χ1n) is 6.22. The zero-order valence-electron chi connectivity index (χ0n) is 10.8. The van der Waals surface area contributed by atoms with E-state index in [2.05, 4.69) is 0 Å². The summed E-state index contributed by atoms with van der Waals surface area (Å²) in [5.41, 5.74) is 0.270. The molecule has 0 aliphatic heterocycles. The fourth-order valence-corrected chi connectivity index (χ4v) is 1.98. The van der Waals surface area contributed by atoms with Gasteiger partial charge in [0.05, 0.1) is 5.39 Å². The van der Waals surface area contributed by atoms with Gasteiger partial charge in [0, 0.05) is 12.1 Å². The van der Waals surface area contributed by atoms with Crippen LogP contribution in [-0.4, -0.2) is 11.0 Å². The van der Waals surface area contributed by atoms with Gasteiger partial charge < -0.3 is 9.62 Å². The Morgan fingerprint density at radius 1 is 1.14 bits per heavy atom. The van der Waals surface area contributed by atoms with Gasteiger partial charge >= 0.3 is 0 Å². The van der Waals surface area contributed by atoms with Crippen molar-refractivity contribution in [3.63, 3.8) is 0 Å². The van der Waals surface area contributed by atoms with Gasteiger partial charge in [0.25, 0.3) is 0 Å². The molecule has 4 nitrogen and oxygen atoms in total. The first kappa shape index (κ1) is 13.1. The van der Waals surface area contributed by atoms with E-state index < -0.39 is 11.2 Å². The zero-order chi connectivity index (χ0) is 14.8. The molecule has 0 spiro atoms. The molecule has 0 unspecified atom stereocenters. The molecule has 0 radical (unpaired) electrons. The summed E-state index contributed by atoms with van der Waals surface area (Å²) < 4.78 is 19.0. The van der Waals surface area contributed by atoms with E-state index in [0.717, 1.165) is 12.3 Å². The van der Waals surface area contributed by atoms with Crippen LogP contribution < -0.4 is 5.43 Å². The van der Waals surface area contributed by atoms with Crippen LogP contribution in [0.2, 0.25) is 0 Å². The van der Waals surface area contributed by atoms with Gasteiger partial charge in [0.2, 0.25) is 11.1 Å². The molecule has 0 aliphatic carbocycles. The Morgan fingerprint density at radius 3 is 2.67 bits per heavy atom. The molecule has 3 rings (SSSR count). The summed E-state index contributed by atoms with van der Waals surface area (Å²) in [7, 11) is 0. The van der Waals surface area contributed by atoms with Gasteiger partial charge in [-0.05, 0) is 18.2 Å². The standard InChI is InChI=1S/C16H10FNO3/c17-12-6-7-15-14(8-12)16(19)11(10-21-15)9-18(20)13-4-2-1-3-5-13/h1-10H/b18-9-. The second kappa shape index (κ2) is 5.20. The van der Waals surface area contributed by atoms with Gasteiger partial charge in [-0.3, -0.25) is 4.79 Å². The van der Waals surface area contributed by atoms with Crippen molar-refractivity contribution in [2.24, 2.45) is 0 Å². The predicted octanol–water partition coefficient (Wildman–Crippen LogP) is 3.19. The Morgan fingerprint density at radius 2 is 1.90 bits per heavy atom. The molecule has 0 bridgehead atoms. The van der Waals surface area contributed by atoms with E-state index in [9.17, 15) is 14.4 Å². The van der Waals surface area contributed by atoms with Gasteiger partial charge in [0.1, 0.15) is 23.2 Å². The quantitative estimate of drug-likeness (QED) is 0.314. The first-order chi connectivity index (χ1) is 10.1. The number of para-hydroxylation sites is 1. The minimum absolute atomic E-state index is 0.0620. The smallest absolute Gasteiger partial charge is 0.216 e. The molecule has 0 amide bonds. The number of benzene rings is 2. The predicted molar refractivity (Wildman–Crippen MR) is 77.3 cm³/mol. The summed E-state index contributed by atoms with van der Waals surface area (Å²) in [6.45, 7) is 0. The monoisotopic (exact) mass is 283 g/mol. The lowest BCUT2D eigenvalue weighted by molar-refractivity contribution is -0.354. The van der Waals surface area contributed by atoms with E-state index in [-0.39, 0.29) is 16.5 Å². The highest BCUT2D eigenvalue weighted by molar-refractivity contribution is 5.84. The van der Waals surface area contributed by atoms with Crippen molar-refractivity contribution in [1.29, 1.82) is 0 Å². The summed E-state index contributed by atoms with van der Waals surface area (Å²) in [6, 6.07) is 12.1. The van der Waals surface area contributed by atoms with E-state index in [1.807, 2.05) is 0 Å². The molecule has 0 N–H and O–H groups in total.